The highest BCUT2D eigenvalue weighted by Gasteiger charge is 2.14. The standard InChI is InChI=1S/C17H13FN2O2/c1-10-8-20-16(13-5-6-19-9-15(13)18)14-7-11(17(21)22-2)3-4-12(10)14/h3-9H,1-2H3. The molecule has 0 fully saturated rings. The van der Waals surface area contributed by atoms with Gasteiger partial charge in [-0.3, -0.25) is 9.97 Å². The predicted molar refractivity (Wildman–Crippen MR) is 81.0 cm³/mol. The third-order valence-corrected chi connectivity index (χ3v) is 3.54. The lowest BCUT2D eigenvalue weighted by atomic mass is 9.99. The van der Waals surface area contributed by atoms with Crippen LogP contribution in [0.4, 0.5) is 4.39 Å². The number of ether oxygens (including phenoxy) is 1. The minimum Gasteiger partial charge on any atom is -0.465 e. The van der Waals surface area contributed by atoms with E-state index in [0.29, 0.717) is 22.2 Å². The van der Waals surface area contributed by atoms with Crippen molar-refractivity contribution in [2.45, 2.75) is 6.92 Å². The van der Waals surface area contributed by atoms with Gasteiger partial charge < -0.3 is 4.74 Å². The number of carbonyl (C=O) groups is 1. The summed E-state index contributed by atoms with van der Waals surface area (Å²) in [5.74, 6) is -0.895. The number of fused-ring (bicyclic) bond motifs is 1. The third kappa shape index (κ3) is 2.30. The van der Waals surface area contributed by atoms with Crippen molar-refractivity contribution in [1.29, 1.82) is 0 Å². The Hall–Kier alpha value is -2.82. The minimum absolute atomic E-state index is 0.349. The first-order valence-electron chi connectivity index (χ1n) is 6.69. The van der Waals surface area contributed by atoms with E-state index < -0.39 is 11.8 Å². The number of halogens is 1. The number of methoxy groups -OCH3 is 1. The number of hydrogen-bond acceptors (Lipinski definition) is 4. The van der Waals surface area contributed by atoms with Crippen LogP contribution in [0.25, 0.3) is 22.0 Å². The Bertz CT molecular complexity index is 878. The topological polar surface area (TPSA) is 52.1 Å². The predicted octanol–water partition coefficient (Wildman–Crippen LogP) is 3.53. The molecule has 0 amide bonds. The first-order valence-corrected chi connectivity index (χ1v) is 6.69. The summed E-state index contributed by atoms with van der Waals surface area (Å²) in [6.07, 6.45) is 4.35. The van der Waals surface area contributed by atoms with Crippen LogP contribution >= 0.6 is 0 Å². The zero-order chi connectivity index (χ0) is 15.7. The van der Waals surface area contributed by atoms with Crippen LogP contribution in [0.5, 0.6) is 0 Å². The minimum atomic E-state index is -0.455. The van der Waals surface area contributed by atoms with Crippen LogP contribution in [0.15, 0.2) is 42.9 Å². The lowest BCUT2D eigenvalue weighted by molar-refractivity contribution is 0.0601. The fraction of sp³-hybridized carbons (Fsp3) is 0.118. The van der Waals surface area contributed by atoms with Gasteiger partial charge in [-0.2, -0.15) is 0 Å². The zero-order valence-corrected chi connectivity index (χ0v) is 12.1. The number of rotatable bonds is 2. The molecular weight excluding hydrogens is 283 g/mol. The van der Waals surface area contributed by atoms with Crippen LogP contribution in [-0.4, -0.2) is 23.0 Å². The quantitative estimate of drug-likeness (QED) is 0.679. The first kappa shape index (κ1) is 14.1. The number of benzene rings is 1. The van der Waals surface area contributed by atoms with Crippen LogP contribution in [-0.2, 0) is 4.74 Å². The second-order valence-electron chi connectivity index (χ2n) is 4.90. The number of pyridine rings is 2. The summed E-state index contributed by atoms with van der Waals surface area (Å²) < 4.78 is 18.8. The van der Waals surface area contributed by atoms with Crippen molar-refractivity contribution in [1.82, 2.24) is 9.97 Å². The number of nitrogens with zero attached hydrogens (tertiary/aromatic N) is 2. The van der Waals surface area contributed by atoms with Crippen molar-refractivity contribution < 1.29 is 13.9 Å². The van der Waals surface area contributed by atoms with E-state index in [4.69, 9.17) is 4.74 Å². The maximum atomic E-state index is 14.0. The van der Waals surface area contributed by atoms with E-state index in [1.54, 1.807) is 24.4 Å². The van der Waals surface area contributed by atoms with Gasteiger partial charge in [-0.05, 0) is 36.1 Å². The fourth-order valence-corrected chi connectivity index (χ4v) is 2.41. The van der Waals surface area contributed by atoms with Gasteiger partial charge in [-0.1, -0.05) is 6.07 Å². The molecule has 0 aliphatic carbocycles. The van der Waals surface area contributed by atoms with Crippen molar-refractivity contribution in [3.8, 4) is 11.3 Å². The van der Waals surface area contributed by atoms with E-state index in [2.05, 4.69) is 9.97 Å². The van der Waals surface area contributed by atoms with E-state index in [1.165, 1.54) is 13.3 Å². The van der Waals surface area contributed by atoms with Crippen LogP contribution in [0.3, 0.4) is 0 Å². The van der Waals surface area contributed by atoms with Gasteiger partial charge in [0.05, 0.1) is 24.6 Å². The van der Waals surface area contributed by atoms with Crippen molar-refractivity contribution in [2.75, 3.05) is 7.11 Å². The Balaban J connectivity index is 2.33. The first-order chi connectivity index (χ1) is 10.6. The van der Waals surface area contributed by atoms with Crippen molar-refractivity contribution in [2.24, 2.45) is 0 Å². The average molecular weight is 296 g/mol. The summed E-state index contributed by atoms with van der Waals surface area (Å²) in [4.78, 5) is 19.8. The third-order valence-electron chi connectivity index (χ3n) is 3.54. The van der Waals surface area contributed by atoms with Gasteiger partial charge in [-0.25, -0.2) is 9.18 Å². The van der Waals surface area contributed by atoms with Crippen molar-refractivity contribution >= 4 is 16.7 Å². The van der Waals surface area contributed by atoms with Crippen LogP contribution in [0, 0.1) is 12.7 Å². The van der Waals surface area contributed by atoms with Gasteiger partial charge in [0.1, 0.15) is 0 Å². The monoisotopic (exact) mass is 296 g/mol. The van der Waals surface area contributed by atoms with Crippen molar-refractivity contribution in [3.63, 3.8) is 0 Å². The molecule has 0 spiro atoms. The summed E-state index contributed by atoms with van der Waals surface area (Å²) in [7, 11) is 1.32. The Kier molecular flexibility index (Phi) is 3.55. The molecule has 0 unspecified atom stereocenters. The molecule has 0 bridgehead atoms. The van der Waals surface area contributed by atoms with Gasteiger partial charge in [0, 0.05) is 23.3 Å². The Morgan fingerprint density at radius 3 is 2.73 bits per heavy atom. The average Bonchev–Trinajstić information content (AvgIpc) is 2.55. The molecule has 0 radical (unpaired) electrons. The van der Waals surface area contributed by atoms with E-state index >= 15 is 0 Å². The number of hydrogen-bond donors (Lipinski definition) is 0. The Morgan fingerprint density at radius 1 is 1.18 bits per heavy atom. The lowest BCUT2D eigenvalue weighted by Gasteiger charge is -2.10. The molecule has 110 valence electrons. The number of aromatic nitrogens is 2. The molecule has 5 heteroatoms. The summed E-state index contributed by atoms with van der Waals surface area (Å²) in [5, 5.41) is 1.61. The van der Waals surface area contributed by atoms with Gasteiger partial charge in [0.25, 0.3) is 0 Å². The molecule has 22 heavy (non-hydrogen) atoms. The van der Waals surface area contributed by atoms with E-state index in [-0.39, 0.29) is 0 Å². The van der Waals surface area contributed by atoms with Crippen molar-refractivity contribution in [3.05, 3.63) is 59.8 Å². The maximum Gasteiger partial charge on any atom is 0.337 e. The summed E-state index contributed by atoms with van der Waals surface area (Å²) in [6, 6.07) is 6.75. The highest BCUT2D eigenvalue weighted by atomic mass is 19.1. The second-order valence-corrected chi connectivity index (χ2v) is 4.90. The molecule has 1 aromatic carbocycles. The molecule has 0 aliphatic heterocycles. The maximum absolute atomic E-state index is 14.0. The van der Waals surface area contributed by atoms with E-state index in [1.807, 2.05) is 13.0 Å². The largest absolute Gasteiger partial charge is 0.465 e. The molecule has 2 aromatic heterocycles. The van der Waals surface area contributed by atoms with E-state index in [0.717, 1.165) is 17.1 Å². The van der Waals surface area contributed by atoms with Gasteiger partial charge in [-0.15, -0.1) is 0 Å². The highest BCUT2D eigenvalue weighted by Crippen LogP contribution is 2.30. The van der Waals surface area contributed by atoms with Gasteiger partial charge in [0.2, 0.25) is 0 Å². The molecule has 0 aliphatic rings. The van der Waals surface area contributed by atoms with Crippen LogP contribution in [0.2, 0.25) is 0 Å². The number of aryl methyl sites for hydroxylation is 1. The molecule has 0 N–H and O–H groups in total. The summed E-state index contributed by atoms with van der Waals surface area (Å²) in [5.41, 5.74) is 2.18. The molecule has 0 saturated heterocycles. The zero-order valence-electron chi connectivity index (χ0n) is 12.1. The van der Waals surface area contributed by atoms with Gasteiger partial charge in [0.15, 0.2) is 5.82 Å². The highest BCUT2D eigenvalue weighted by molar-refractivity contribution is 6.01. The SMILES string of the molecule is COC(=O)c1ccc2c(C)cnc(-c3ccncc3F)c2c1. The molecule has 3 aromatic rings. The molecule has 0 saturated carbocycles. The molecule has 3 rings (SSSR count). The smallest absolute Gasteiger partial charge is 0.337 e. The Morgan fingerprint density at radius 2 is 2.00 bits per heavy atom. The molecular formula is C17H13FN2O2. The molecule has 2 heterocycles. The summed E-state index contributed by atoms with van der Waals surface area (Å²) >= 11 is 0. The second kappa shape index (κ2) is 5.52. The lowest BCUT2D eigenvalue weighted by Crippen LogP contribution is -2.01. The van der Waals surface area contributed by atoms with Gasteiger partial charge >= 0.3 is 5.97 Å². The Labute approximate surface area is 126 Å². The number of carbonyl (C=O) groups excluding carboxylic acids is 1. The summed E-state index contributed by atoms with van der Waals surface area (Å²) in [6.45, 7) is 1.92. The molecule has 4 nitrogen and oxygen atoms in total. The fourth-order valence-electron chi connectivity index (χ4n) is 2.41. The van der Waals surface area contributed by atoms with Crippen LogP contribution < -0.4 is 0 Å². The van der Waals surface area contributed by atoms with Crippen LogP contribution in [0.1, 0.15) is 15.9 Å². The number of esters is 1. The van der Waals surface area contributed by atoms with E-state index in [9.17, 15) is 9.18 Å². The normalized spacial score (nSPS) is 10.7. The molecule has 0 atom stereocenters.